The normalized spacial score (nSPS) is 16.6. The molecule has 7 heteroatoms. The Bertz CT molecular complexity index is 669. The van der Waals surface area contributed by atoms with Crippen LogP contribution in [0.1, 0.15) is 0 Å². The second kappa shape index (κ2) is 8.26. The smallest absolute Gasteiger partial charge is 0.149 e. The minimum absolute atomic E-state index is 1.00. The first-order valence-electron chi connectivity index (χ1n) is 7.36. The zero-order valence-electron chi connectivity index (χ0n) is 13.4. The van der Waals surface area contributed by atoms with Gasteiger partial charge < -0.3 is 19.1 Å². The molecular weight excluding hydrogens is 314 g/mol. The third kappa shape index (κ3) is 4.65. The number of rotatable bonds is 2. The van der Waals surface area contributed by atoms with E-state index in [9.17, 15) is 0 Å². The van der Waals surface area contributed by atoms with Gasteiger partial charge in [-0.1, -0.05) is 30.3 Å². The van der Waals surface area contributed by atoms with Gasteiger partial charge in [-0.15, -0.1) is 0 Å². The van der Waals surface area contributed by atoms with Crippen molar-refractivity contribution in [1.82, 2.24) is 4.90 Å². The van der Waals surface area contributed by atoms with E-state index in [1.165, 1.54) is 16.5 Å². The van der Waals surface area contributed by atoms with Crippen molar-refractivity contribution >= 4 is 27.7 Å². The molecule has 0 aromatic heterocycles. The molecule has 0 amide bonds. The van der Waals surface area contributed by atoms with Crippen LogP contribution in [0.15, 0.2) is 36.4 Å². The van der Waals surface area contributed by atoms with Crippen molar-refractivity contribution < 1.29 is 13.5 Å². The summed E-state index contributed by atoms with van der Waals surface area (Å²) < 4.78 is 23.2. The van der Waals surface area contributed by atoms with Gasteiger partial charge >= 0.3 is 0 Å². The Morgan fingerprint density at radius 2 is 1.74 bits per heavy atom. The number of hydrogen-bond acceptors (Lipinski definition) is 5. The maximum Gasteiger partial charge on any atom is 0.149 e. The van der Waals surface area contributed by atoms with Crippen LogP contribution in [0, 0.1) is 0 Å². The first kappa shape index (κ1) is 17.7. The number of nitrogens with zero attached hydrogens (tertiary/aromatic N) is 2. The van der Waals surface area contributed by atoms with Crippen molar-refractivity contribution in [3.63, 3.8) is 0 Å². The number of fused-ring (bicyclic) bond motifs is 1. The van der Waals surface area contributed by atoms with Crippen LogP contribution in [0.4, 0.5) is 5.69 Å². The van der Waals surface area contributed by atoms with Crippen molar-refractivity contribution in [3.8, 4) is 5.75 Å². The van der Waals surface area contributed by atoms with Gasteiger partial charge in [0.25, 0.3) is 0 Å². The van der Waals surface area contributed by atoms with Gasteiger partial charge in [-0.25, -0.2) is 0 Å². The van der Waals surface area contributed by atoms with Crippen LogP contribution < -0.4 is 14.8 Å². The van der Waals surface area contributed by atoms with Gasteiger partial charge in [0.15, 0.2) is 0 Å². The van der Waals surface area contributed by atoms with Crippen molar-refractivity contribution in [1.29, 1.82) is 0 Å². The molecule has 3 rings (SSSR count). The molecule has 0 bridgehead atoms. The highest BCUT2D eigenvalue weighted by atomic mass is 32.2. The molecule has 2 N–H and O–H groups in total. The van der Waals surface area contributed by atoms with Gasteiger partial charge in [-0.2, -0.15) is 0 Å². The monoisotopic (exact) mass is 336 g/mol. The molecule has 1 saturated heterocycles. The molecule has 1 unspecified atom stereocenters. The van der Waals surface area contributed by atoms with Crippen molar-refractivity contribution in [2.24, 2.45) is 5.14 Å². The molecule has 0 spiro atoms. The number of methoxy groups -OCH3 is 1. The maximum atomic E-state index is 8.78. The van der Waals surface area contributed by atoms with Crippen LogP contribution in [0.5, 0.6) is 5.75 Å². The summed E-state index contributed by atoms with van der Waals surface area (Å²) in [6.07, 6.45) is 0. The fraction of sp³-hybridized carbons (Fsp3) is 0.375. The van der Waals surface area contributed by atoms with Crippen LogP contribution in [-0.2, 0) is 11.3 Å². The largest absolute Gasteiger partial charge is 0.760 e. The summed E-state index contributed by atoms with van der Waals surface area (Å²) in [5.74, 6) is 1.00. The van der Waals surface area contributed by atoms with E-state index in [0.717, 1.165) is 31.9 Å². The zero-order chi connectivity index (χ0) is 16.8. The number of piperazine rings is 1. The number of hydrogen-bond donors (Lipinski definition) is 1. The van der Waals surface area contributed by atoms with Crippen LogP contribution >= 0.6 is 0 Å². The molecule has 2 aromatic carbocycles. The van der Waals surface area contributed by atoms with E-state index in [1.54, 1.807) is 7.11 Å². The number of likely N-dealkylation sites (N-methyl/N-ethyl adjacent to an activating group) is 1. The molecule has 2 aromatic rings. The number of ether oxygens (including phenoxy) is 1. The zero-order valence-corrected chi connectivity index (χ0v) is 14.2. The second-order valence-corrected chi connectivity index (χ2v) is 5.91. The quantitative estimate of drug-likeness (QED) is 0.837. The highest BCUT2D eigenvalue weighted by molar-refractivity contribution is 7.76. The Labute approximate surface area is 139 Å². The van der Waals surface area contributed by atoms with E-state index in [2.05, 4.69) is 58.4 Å². The summed E-state index contributed by atoms with van der Waals surface area (Å²) >= 11 is -2.36. The fourth-order valence-electron chi connectivity index (χ4n) is 2.74. The minimum Gasteiger partial charge on any atom is -0.760 e. The van der Waals surface area contributed by atoms with Gasteiger partial charge in [-0.3, -0.25) is 9.35 Å². The Morgan fingerprint density at radius 3 is 2.35 bits per heavy atom. The molecule has 1 aliphatic heterocycles. The lowest BCUT2D eigenvalue weighted by atomic mass is 10.1. The second-order valence-electron chi connectivity index (χ2n) is 5.39. The molecule has 126 valence electrons. The first-order chi connectivity index (χ1) is 11.0. The van der Waals surface area contributed by atoms with E-state index in [0.29, 0.717) is 0 Å². The summed E-state index contributed by atoms with van der Waals surface area (Å²) in [4.78, 5) is 4.79. The van der Waals surface area contributed by atoms with E-state index in [-0.39, 0.29) is 0 Å². The molecule has 6 nitrogen and oxygen atoms in total. The van der Waals surface area contributed by atoms with Crippen LogP contribution in [0.25, 0.3) is 10.8 Å². The van der Waals surface area contributed by atoms with Crippen molar-refractivity contribution in [3.05, 3.63) is 36.4 Å². The van der Waals surface area contributed by atoms with E-state index in [4.69, 9.17) is 13.5 Å². The predicted octanol–water partition coefficient (Wildman–Crippen LogP) is 1.34. The standard InChI is InChI=1S/C16H20N2O.H3NO2S/c1-17-9-11-18(12-10-17)15-8-7-13-5-3-4-6-14(13)16(15)19-2;1-4(2)3/h3-8H,9-12H2,1-2H3;1H2,(H,2,3)/p-1. The van der Waals surface area contributed by atoms with Gasteiger partial charge in [0.05, 0.1) is 12.8 Å². The van der Waals surface area contributed by atoms with Crippen LogP contribution in [0.2, 0.25) is 0 Å². The Hall–Kier alpha value is -1.67. The summed E-state index contributed by atoms with van der Waals surface area (Å²) in [5, 5.41) is 6.46. The predicted molar refractivity (Wildman–Crippen MR) is 93.3 cm³/mol. The fourth-order valence-corrected chi connectivity index (χ4v) is 2.74. The molecule has 0 saturated carbocycles. The number of nitrogens with two attached hydrogens (primary N) is 1. The summed E-state index contributed by atoms with van der Waals surface area (Å²) in [7, 11) is 3.94. The van der Waals surface area contributed by atoms with E-state index < -0.39 is 11.3 Å². The van der Waals surface area contributed by atoms with E-state index in [1.807, 2.05) is 0 Å². The third-order valence-corrected chi connectivity index (χ3v) is 3.91. The lowest BCUT2D eigenvalue weighted by Gasteiger charge is -2.35. The molecule has 1 fully saturated rings. The van der Waals surface area contributed by atoms with Crippen molar-refractivity contribution in [2.45, 2.75) is 0 Å². The number of benzene rings is 2. The summed E-state index contributed by atoms with van der Waals surface area (Å²) in [6, 6.07) is 12.8. The SMILES string of the molecule is COc1c(N2CCN(C)CC2)ccc2ccccc12.NS(=O)[O-]. The molecule has 23 heavy (non-hydrogen) atoms. The number of anilines is 1. The maximum absolute atomic E-state index is 8.78. The highest BCUT2D eigenvalue weighted by Gasteiger charge is 2.18. The van der Waals surface area contributed by atoms with Crippen LogP contribution in [0.3, 0.4) is 0 Å². The Balaban J connectivity index is 0.000000433. The molecule has 1 heterocycles. The molecule has 0 aliphatic carbocycles. The topological polar surface area (TPSA) is 81.9 Å². The highest BCUT2D eigenvalue weighted by Crippen LogP contribution is 2.36. The van der Waals surface area contributed by atoms with Gasteiger partial charge in [0.2, 0.25) is 0 Å². The average Bonchev–Trinajstić information content (AvgIpc) is 2.54. The summed E-state index contributed by atoms with van der Waals surface area (Å²) in [6.45, 7) is 4.34. The Kier molecular flexibility index (Phi) is 6.35. The Morgan fingerprint density at radius 1 is 1.13 bits per heavy atom. The summed E-state index contributed by atoms with van der Waals surface area (Å²) in [5.41, 5.74) is 1.22. The lowest BCUT2D eigenvalue weighted by Crippen LogP contribution is -2.44. The van der Waals surface area contributed by atoms with Gasteiger partial charge in [0.1, 0.15) is 5.75 Å². The molecule has 1 atom stereocenters. The first-order valence-corrected chi connectivity index (χ1v) is 8.49. The molecule has 0 radical (unpaired) electrons. The lowest BCUT2D eigenvalue weighted by molar-refractivity contribution is 0.311. The van der Waals surface area contributed by atoms with Gasteiger partial charge in [0, 0.05) is 42.8 Å². The molecular formula is C16H22N3O3S-. The third-order valence-electron chi connectivity index (χ3n) is 3.91. The van der Waals surface area contributed by atoms with Crippen LogP contribution in [-0.4, -0.2) is 54.0 Å². The van der Waals surface area contributed by atoms with Gasteiger partial charge in [-0.05, 0) is 18.5 Å². The molecule has 1 aliphatic rings. The minimum atomic E-state index is -2.36. The van der Waals surface area contributed by atoms with E-state index >= 15 is 0 Å². The van der Waals surface area contributed by atoms with Crippen molar-refractivity contribution in [2.75, 3.05) is 45.2 Å². The average molecular weight is 336 g/mol.